The Morgan fingerprint density at radius 3 is 2.36 bits per heavy atom. The summed E-state index contributed by atoms with van der Waals surface area (Å²) in [6, 6.07) is 12.5. The van der Waals surface area contributed by atoms with Crippen LogP contribution in [0.25, 0.3) is 11.0 Å². The van der Waals surface area contributed by atoms with Crippen LogP contribution in [0.4, 0.5) is 0 Å². The van der Waals surface area contributed by atoms with E-state index in [1.807, 2.05) is 42.2 Å². The molecular formula is C22H23N3O3. The molecule has 1 N–H and O–H groups in total. The number of hydrogen-bond acceptors (Lipinski definition) is 3. The van der Waals surface area contributed by atoms with E-state index in [2.05, 4.69) is 9.55 Å². The fraction of sp³-hybridized carbons (Fsp3) is 0.318. The highest BCUT2D eigenvalue weighted by molar-refractivity contribution is 5.97. The molecule has 3 aromatic rings. The van der Waals surface area contributed by atoms with Crippen molar-refractivity contribution in [3.63, 3.8) is 0 Å². The molecule has 144 valence electrons. The van der Waals surface area contributed by atoms with Crippen LogP contribution in [0.1, 0.15) is 51.4 Å². The molecule has 0 unspecified atom stereocenters. The van der Waals surface area contributed by atoms with Crippen molar-refractivity contribution in [1.82, 2.24) is 14.5 Å². The number of benzene rings is 2. The summed E-state index contributed by atoms with van der Waals surface area (Å²) in [5.41, 5.74) is 3.72. The number of piperidine rings is 1. The SMILES string of the molecule is Cc1nc2ccc(C(=O)N3CCCCC3)cc2n1Cc1ccc(C(=O)O)cc1. The first kappa shape index (κ1) is 18.2. The third-order valence-corrected chi connectivity index (χ3v) is 5.37. The van der Waals surface area contributed by atoms with Gasteiger partial charge in [0.15, 0.2) is 0 Å². The Kier molecular flexibility index (Phi) is 4.86. The summed E-state index contributed by atoms with van der Waals surface area (Å²) >= 11 is 0. The van der Waals surface area contributed by atoms with E-state index in [9.17, 15) is 9.59 Å². The number of carboxylic acids is 1. The molecule has 0 spiro atoms. The van der Waals surface area contributed by atoms with Crippen LogP contribution in [0, 0.1) is 6.92 Å². The first-order chi connectivity index (χ1) is 13.5. The summed E-state index contributed by atoms with van der Waals surface area (Å²) in [6.45, 7) is 4.16. The summed E-state index contributed by atoms with van der Waals surface area (Å²) in [7, 11) is 0. The molecule has 1 aromatic heterocycles. The average Bonchev–Trinajstić information content (AvgIpc) is 3.03. The maximum absolute atomic E-state index is 12.9. The predicted molar refractivity (Wildman–Crippen MR) is 107 cm³/mol. The van der Waals surface area contributed by atoms with Gasteiger partial charge in [-0.05, 0) is 62.1 Å². The van der Waals surface area contributed by atoms with Crippen LogP contribution in [0.3, 0.4) is 0 Å². The van der Waals surface area contributed by atoms with Crippen molar-refractivity contribution in [2.45, 2.75) is 32.7 Å². The topological polar surface area (TPSA) is 75.4 Å². The third-order valence-electron chi connectivity index (χ3n) is 5.37. The van der Waals surface area contributed by atoms with Gasteiger partial charge in [0.05, 0.1) is 16.6 Å². The maximum atomic E-state index is 12.9. The lowest BCUT2D eigenvalue weighted by Gasteiger charge is -2.26. The van der Waals surface area contributed by atoms with Gasteiger partial charge in [0.25, 0.3) is 5.91 Å². The minimum absolute atomic E-state index is 0.0813. The van der Waals surface area contributed by atoms with Gasteiger partial charge in [-0.2, -0.15) is 0 Å². The second-order valence-corrected chi connectivity index (χ2v) is 7.30. The fourth-order valence-electron chi connectivity index (χ4n) is 3.79. The van der Waals surface area contributed by atoms with Crippen molar-refractivity contribution in [2.24, 2.45) is 0 Å². The Balaban J connectivity index is 1.65. The Hall–Kier alpha value is -3.15. The van der Waals surface area contributed by atoms with E-state index in [0.717, 1.165) is 48.4 Å². The highest BCUT2D eigenvalue weighted by atomic mass is 16.4. The van der Waals surface area contributed by atoms with Crippen LogP contribution in [0.2, 0.25) is 0 Å². The molecule has 28 heavy (non-hydrogen) atoms. The lowest BCUT2D eigenvalue weighted by molar-refractivity contribution is 0.0694. The van der Waals surface area contributed by atoms with Crippen LogP contribution in [0.5, 0.6) is 0 Å². The van der Waals surface area contributed by atoms with E-state index < -0.39 is 5.97 Å². The largest absolute Gasteiger partial charge is 0.478 e. The van der Waals surface area contributed by atoms with E-state index in [1.165, 1.54) is 6.42 Å². The molecule has 1 amide bonds. The molecule has 0 saturated carbocycles. The highest BCUT2D eigenvalue weighted by Gasteiger charge is 2.19. The number of aromatic nitrogens is 2. The fourth-order valence-corrected chi connectivity index (χ4v) is 3.79. The number of aryl methyl sites for hydroxylation is 1. The second kappa shape index (κ2) is 7.46. The number of carbonyl (C=O) groups is 2. The smallest absolute Gasteiger partial charge is 0.335 e. The van der Waals surface area contributed by atoms with Gasteiger partial charge >= 0.3 is 5.97 Å². The number of imidazole rings is 1. The quantitative estimate of drug-likeness (QED) is 0.752. The molecule has 6 nitrogen and oxygen atoms in total. The molecule has 1 aliphatic rings. The summed E-state index contributed by atoms with van der Waals surface area (Å²) < 4.78 is 2.07. The van der Waals surface area contributed by atoms with E-state index in [1.54, 1.807) is 12.1 Å². The van der Waals surface area contributed by atoms with Crippen LogP contribution < -0.4 is 0 Å². The molecule has 1 fully saturated rings. The molecule has 0 atom stereocenters. The van der Waals surface area contributed by atoms with Gasteiger partial charge in [-0.1, -0.05) is 12.1 Å². The summed E-state index contributed by atoms with van der Waals surface area (Å²) in [5.74, 6) is 0.00868. The molecular weight excluding hydrogens is 354 g/mol. The first-order valence-corrected chi connectivity index (χ1v) is 9.61. The number of hydrogen-bond donors (Lipinski definition) is 1. The predicted octanol–water partition coefficient (Wildman–Crippen LogP) is 3.72. The number of fused-ring (bicyclic) bond motifs is 1. The molecule has 0 bridgehead atoms. The number of carboxylic acid groups (broad SMARTS) is 1. The Morgan fingerprint density at radius 1 is 1.00 bits per heavy atom. The van der Waals surface area contributed by atoms with Crippen molar-refractivity contribution >= 4 is 22.9 Å². The van der Waals surface area contributed by atoms with Gasteiger partial charge in [0.1, 0.15) is 5.82 Å². The van der Waals surface area contributed by atoms with E-state index in [-0.39, 0.29) is 11.5 Å². The molecule has 4 rings (SSSR count). The third kappa shape index (κ3) is 3.50. The zero-order valence-electron chi connectivity index (χ0n) is 15.9. The van der Waals surface area contributed by atoms with Gasteiger partial charge in [-0.3, -0.25) is 4.79 Å². The maximum Gasteiger partial charge on any atom is 0.335 e. The normalized spacial score (nSPS) is 14.4. The lowest BCUT2D eigenvalue weighted by atomic mass is 10.1. The number of likely N-dealkylation sites (tertiary alicyclic amines) is 1. The summed E-state index contributed by atoms with van der Waals surface area (Å²) in [4.78, 5) is 30.4. The number of amides is 1. The summed E-state index contributed by atoms with van der Waals surface area (Å²) in [5, 5.41) is 9.06. The zero-order valence-corrected chi connectivity index (χ0v) is 15.9. The number of rotatable bonds is 4. The standard InChI is InChI=1S/C22H23N3O3/c1-15-23-19-10-9-18(21(26)24-11-3-2-4-12-24)13-20(19)25(15)14-16-5-7-17(8-6-16)22(27)28/h5-10,13H,2-4,11-12,14H2,1H3,(H,27,28). The molecule has 1 saturated heterocycles. The van der Waals surface area contributed by atoms with Crippen LogP contribution in [-0.2, 0) is 6.54 Å². The Labute approximate surface area is 163 Å². The number of nitrogens with zero attached hydrogens (tertiary/aromatic N) is 3. The van der Waals surface area contributed by atoms with Crippen molar-refractivity contribution in [3.05, 3.63) is 65.0 Å². The highest BCUT2D eigenvalue weighted by Crippen LogP contribution is 2.21. The first-order valence-electron chi connectivity index (χ1n) is 9.61. The zero-order chi connectivity index (χ0) is 19.7. The second-order valence-electron chi connectivity index (χ2n) is 7.30. The Morgan fingerprint density at radius 2 is 1.68 bits per heavy atom. The van der Waals surface area contributed by atoms with Crippen molar-refractivity contribution in [2.75, 3.05) is 13.1 Å². The van der Waals surface area contributed by atoms with E-state index in [4.69, 9.17) is 5.11 Å². The van der Waals surface area contributed by atoms with Crippen LogP contribution >= 0.6 is 0 Å². The molecule has 0 radical (unpaired) electrons. The molecule has 2 heterocycles. The lowest BCUT2D eigenvalue weighted by Crippen LogP contribution is -2.35. The van der Waals surface area contributed by atoms with Crippen LogP contribution in [0.15, 0.2) is 42.5 Å². The number of carbonyl (C=O) groups excluding carboxylic acids is 1. The van der Waals surface area contributed by atoms with Gasteiger partial charge in [-0.25, -0.2) is 9.78 Å². The molecule has 1 aliphatic heterocycles. The van der Waals surface area contributed by atoms with Crippen molar-refractivity contribution in [3.8, 4) is 0 Å². The summed E-state index contributed by atoms with van der Waals surface area (Å²) in [6.07, 6.45) is 3.32. The van der Waals surface area contributed by atoms with Gasteiger partial charge in [0, 0.05) is 25.2 Å². The monoisotopic (exact) mass is 377 g/mol. The van der Waals surface area contributed by atoms with Crippen molar-refractivity contribution < 1.29 is 14.7 Å². The molecule has 6 heteroatoms. The minimum atomic E-state index is -0.934. The van der Waals surface area contributed by atoms with Gasteiger partial charge in [0.2, 0.25) is 0 Å². The van der Waals surface area contributed by atoms with E-state index in [0.29, 0.717) is 12.1 Å². The molecule has 0 aliphatic carbocycles. The van der Waals surface area contributed by atoms with Gasteiger partial charge < -0.3 is 14.6 Å². The van der Waals surface area contributed by atoms with Gasteiger partial charge in [-0.15, -0.1) is 0 Å². The van der Waals surface area contributed by atoms with Crippen LogP contribution in [-0.4, -0.2) is 44.5 Å². The average molecular weight is 377 g/mol. The minimum Gasteiger partial charge on any atom is -0.478 e. The Bertz CT molecular complexity index is 1030. The molecule has 2 aromatic carbocycles. The number of aromatic carboxylic acids is 1. The van der Waals surface area contributed by atoms with Crippen molar-refractivity contribution in [1.29, 1.82) is 0 Å². The van der Waals surface area contributed by atoms with E-state index >= 15 is 0 Å².